The lowest BCUT2D eigenvalue weighted by Crippen LogP contribution is -1.95. The molecule has 0 aliphatic heterocycles. The van der Waals surface area contributed by atoms with Crippen molar-refractivity contribution in [3.8, 4) is 0 Å². The van der Waals surface area contributed by atoms with Gasteiger partial charge in [-0.25, -0.2) is 0 Å². The van der Waals surface area contributed by atoms with E-state index >= 15 is 0 Å². The molecule has 2 nitrogen and oxygen atoms in total. The van der Waals surface area contributed by atoms with Crippen molar-refractivity contribution in [2.24, 2.45) is 0 Å². The summed E-state index contributed by atoms with van der Waals surface area (Å²) in [4.78, 5) is 20.1. The fraction of sp³-hybridized carbons (Fsp3) is 0.286. The van der Waals surface area contributed by atoms with Gasteiger partial charge < -0.3 is 4.79 Å². The van der Waals surface area contributed by atoms with Crippen molar-refractivity contribution < 1.29 is 9.59 Å². The first kappa shape index (κ1) is 8.08. The summed E-state index contributed by atoms with van der Waals surface area (Å²) in [5, 5.41) is 0. The molecular formula is C7H8O2. The van der Waals surface area contributed by atoms with E-state index in [-0.39, 0.29) is 12.2 Å². The number of aldehydes is 1. The van der Waals surface area contributed by atoms with Gasteiger partial charge in [-0.15, -0.1) is 6.58 Å². The zero-order chi connectivity index (χ0) is 7.11. The van der Waals surface area contributed by atoms with Crippen molar-refractivity contribution in [1.29, 1.82) is 0 Å². The number of hydrogen-bond donors (Lipinski definition) is 0. The van der Waals surface area contributed by atoms with Crippen molar-refractivity contribution >= 4 is 12.1 Å². The maximum Gasteiger partial charge on any atom is 0.137 e. The Bertz CT molecular complexity index is 116. The van der Waals surface area contributed by atoms with Gasteiger partial charge in [-0.2, -0.15) is 0 Å². The van der Waals surface area contributed by atoms with E-state index < -0.39 is 0 Å². The second-order valence-electron chi connectivity index (χ2n) is 1.53. The van der Waals surface area contributed by atoms with Crippen molar-refractivity contribution in [2.45, 2.75) is 12.8 Å². The highest BCUT2D eigenvalue weighted by atomic mass is 16.1. The number of carbonyl (C=O) groups excluding carboxylic acids is 2. The second-order valence-corrected chi connectivity index (χ2v) is 1.53. The summed E-state index contributed by atoms with van der Waals surface area (Å²) in [6.45, 7) is 3.37. The largest absolute Gasteiger partial charge is 0.303 e. The number of Topliss-reactive ketones (excluding diaryl/α,β-unsaturated/α-hetero) is 1. The van der Waals surface area contributed by atoms with E-state index in [4.69, 9.17) is 0 Å². The minimum Gasteiger partial charge on any atom is -0.303 e. The van der Waals surface area contributed by atoms with Crippen LogP contribution in [0.5, 0.6) is 0 Å². The SMILES string of the molecule is C=CCC(=O)C[C]C=O. The zero-order valence-corrected chi connectivity index (χ0v) is 5.09. The third-order valence-corrected chi connectivity index (χ3v) is 0.755. The molecule has 2 heteroatoms. The first-order valence-electron chi connectivity index (χ1n) is 2.61. The third-order valence-electron chi connectivity index (χ3n) is 0.755. The summed E-state index contributed by atoms with van der Waals surface area (Å²) < 4.78 is 0. The number of carbonyl (C=O) groups is 2. The molecule has 9 heavy (non-hydrogen) atoms. The highest BCUT2D eigenvalue weighted by Gasteiger charge is 1.96. The number of allylic oxidation sites excluding steroid dienone is 1. The number of rotatable bonds is 5. The van der Waals surface area contributed by atoms with Crippen LogP contribution in [0.3, 0.4) is 0 Å². The van der Waals surface area contributed by atoms with E-state index in [1.807, 2.05) is 0 Å². The second kappa shape index (κ2) is 5.22. The van der Waals surface area contributed by atoms with Crippen LogP contribution in [0.25, 0.3) is 0 Å². The van der Waals surface area contributed by atoms with Gasteiger partial charge in [0.05, 0.1) is 6.42 Å². The van der Waals surface area contributed by atoms with Gasteiger partial charge in [-0.05, 0) is 0 Å². The fourth-order valence-electron chi connectivity index (χ4n) is 0.389. The minimum atomic E-state index is -0.0305. The van der Waals surface area contributed by atoms with E-state index in [2.05, 4.69) is 13.0 Å². The Morgan fingerprint density at radius 2 is 2.33 bits per heavy atom. The number of hydrogen-bond acceptors (Lipinski definition) is 2. The maximum absolute atomic E-state index is 10.5. The zero-order valence-electron chi connectivity index (χ0n) is 5.09. The highest BCUT2D eigenvalue weighted by molar-refractivity contribution is 5.84. The van der Waals surface area contributed by atoms with Crippen molar-refractivity contribution in [3.63, 3.8) is 0 Å². The van der Waals surface area contributed by atoms with E-state index in [9.17, 15) is 9.59 Å². The minimum absolute atomic E-state index is 0.0305. The van der Waals surface area contributed by atoms with Crippen molar-refractivity contribution in [2.75, 3.05) is 0 Å². The predicted octanol–water partition coefficient (Wildman–Crippen LogP) is 0.802. The van der Waals surface area contributed by atoms with Crippen LogP contribution in [-0.2, 0) is 9.59 Å². The molecule has 0 N–H and O–H groups in total. The van der Waals surface area contributed by atoms with Crippen LogP contribution in [0, 0.1) is 6.42 Å². The normalized spacial score (nSPS) is 8.44. The summed E-state index contributed by atoms with van der Waals surface area (Å²) in [7, 11) is 0. The molecule has 0 spiro atoms. The van der Waals surface area contributed by atoms with E-state index in [1.54, 1.807) is 0 Å². The molecule has 0 saturated heterocycles. The molecule has 0 aromatic rings. The van der Waals surface area contributed by atoms with Crippen LogP contribution in [0.4, 0.5) is 0 Å². The summed E-state index contributed by atoms with van der Waals surface area (Å²) in [5.41, 5.74) is 0. The van der Waals surface area contributed by atoms with Gasteiger partial charge in [0.25, 0.3) is 0 Å². The molecule has 48 valence electrons. The smallest absolute Gasteiger partial charge is 0.137 e. The quantitative estimate of drug-likeness (QED) is 0.401. The van der Waals surface area contributed by atoms with Crippen LogP contribution >= 0.6 is 0 Å². The standard InChI is InChI=1S/C7H8O2/c1-2-4-7(9)5-3-6-8/h2,6H,1,4-5H2. The average molecular weight is 124 g/mol. The third kappa shape index (κ3) is 4.94. The first-order valence-corrected chi connectivity index (χ1v) is 2.61. The molecular weight excluding hydrogens is 116 g/mol. The van der Waals surface area contributed by atoms with Gasteiger partial charge in [0, 0.05) is 12.8 Å². The first-order chi connectivity index (χ1) is 4.31. The molecule has 0 heterocycles. The lowest BCUT2D eigenvalue weighted by molar-refractivity contribution is -0.118. The Hall–Kier alpha value is -0.920. The fourth-order valence-corrected chi connectivity index (χ4v) is 0.389. The molecule has 0 rings (SSSR count). The Morgan fingerprint density at radius 3 is 2.78 bits per heavy atom. The molecule has 0 bridgehead atoms. The van der Waals surface area contributed by atoms with E-state index in [0.717, 1.165) is 0 Å². The molecule has 0 atom stereocenters. The van der Waals surface area contributed by atoms with Crippen LogP contribution < -0.4 is 0 Å². The molecule has 0 saturated carbocycles. The topological polar surface area (TPSA) is 34.1 Å². The van der Waals surface area contributed by atoms with Crippen LogP contribution in [0.1, 0.15) is 12.8 Å². The monoisotopic (exact) mass is 124 g/mol. The van der Waals surface area contributed by atoms with E-state index in [1.165, 1.54) is 6.08 Å². The molecule has 0 amide bonds. The molecule has 0 aliphatic carbocycles. The van der Waals surface area contributed by atoms with E-state index in [0.29, 0.717) is 12.7 Å². The van der Waals surface area contributed by atoms with Gasteiger partial charge in [0.15, 0.2) is 0 Å². The van der Waals surface area contributed by atoms with Crippen molar-refractivity contribution in [1.82, 2.24) is 0 Å². The maximum atomic E-state index is 10.5. The van der Waals surface area contributed by atoms with Gasteiger partial charge >= 0.3 is 0 Å². The summed E-state index contributed by atoms with van der Waals surface area (Å²) in [5.74, 6) is -0.0305. The summed E-state index contributed by atoms with van der Waals surface area (Å²) in [6, 6.07) is 0. The average Bonchev–Trinajstić information content (AvgIpc) is 1.85. The molecule has 0 aliphatic rings. The van der Waals surface area contributed by atoms with Crippen LogP contribution in [0.15, 0.2) is 12.7 Å². The van der Waals surface area contributed by atoms with Gasteiger partial charge in [0.1, 0.15) is 12.1 Å². The lowest BCUT2D eigenvalue weighted by Gasteiger charge is -1.87. The number of ketones is 1. The van der Waals surface area contributed by atoms with Gasteiger partial charge in [0.2, 0.25) is 0 Å². The molecule has 0 aromatic carbocycles. The Labute approximate surface area is 54.6 Å². The van der Waals surface area contributed by atoms with Crippen LogP contribution in [0.2, 0.25) is 0 Å². The lowest BCUT2D eigenvalue weighted by atomic mass is 10.2. The van der Waals surface area contributed by atoms with Gasteiger partial charge in [-0.3, -0.25) is 4.79 Å². The summed E-state index contributed by atoms with van der Waals surface area (Å²) in [6.07, 6.45) is 4.69. The van der Waals surface area contributed by atoms with Gasteiger partial charge in [-0.1, -0.05) is 6.08 Å². The highest BCUT2D eigenvalue weighted by Crippen LogP contribution is 1.91. The summed E-state index contributed by atoms with van der Waals surface area (Å²) >= 11 is 0. The Kier molecular flexibility index (Phi) is 4.69. The Morgan fingerprint density at radius 1 is 1.67 bits per heavy atom. The van der Waals surface area contributed by atoms with Crippen molar-refractivity contribution in [3.05, 3.63) is 19.1 Å². The molecule has 2 radical (unpaired) electrons. The molecule has 0 fully saturated rings. The molecule has 0 aromatic heterocycles. The molecule has 0 unspecified atom stereocenters. The van der Waals surface area contributed by atoms with Crippen LogP contribution in [-0.4, -0.2) is 12.1 Å². The Balaban J connectivity index is 3.26. The predicted molar refractivity (Wildman–Crippen MR) is 33.7 cm³/mol.